The standard InChI is InChI=1S/C11H13ClN4O3S2/c1-6-5-8(20-9(6)12)21(17,18)16-11-15-14-10(19-11)7-3-2-4-13-7/h5,7,13H,2-4H2,1H3,(H,15,16). The molecule has 1 fully saturated rings. The average Bonchev–Trinajstić information content (AvgIpc) is 3.11. The van der Waals surface area contributed by atoms with Crippen LogP contribution in [0.15, 0.2) is 14.7 Å². The van der Waals surface area contributed by atoms with Crippen LogP contribution >= 0.6 is 22.9 Å². The molecule has 21 heavy (non-hydrogen) atoms. The number of sulfonamides is 1. The van der Waals surface area contributed by atoms with Gasteiger partial charge in [-0.05, 0) is 37.9 Å². The molecule has 3 rings (SSSR count). The number of rotatable bonds is 4. The highest BCUT2D eigenvalue weighted by atomic mass is 35.5. The minimum Gasteiger partial charge on any atom is -0.406 e. The minimum absolute atomic E-state index is 0.00539. The fourth-order valence-electron chi connectivity index (χ4n) is 2.04. The van der Waals surface area contributed by atoms with Crippen LogP contribution in [0.5, 0.6) is 0 Å². The molecule has 1 aliphatic rings. The van der Waals surface area contributed by atoms with Crippen molar-refractivity contribution in [3.05, 3.63) is 21.9 Å². The Bertz CT molecular complexity index is 730. The zero-order chi connectivity index (χ0) is 15.0. The fourth-order valence-corrected chi connectivity index (χ4v) is 4.67. The van der Waals surface area contributed by atoms with Gasteiger partial charge in [0.1, 0.15) is 4.21 Å². The van der Waals surface area contributed by atoms with Crippen molar-refractivity contribution in [2.24, 2.45) is 0 Å². The Morgan fingerprint density at radius 2 is 2.33 bits per heavy atom. The summed E-state index contributed by atoms with van der Waals surface area (Å²) in [5, 5.41) is 10.8. The van der Waals surface area contributed by atoms with Gasteiger partial charge < -0.3 is 9.73 Å². The summed E-state index contributed by atoms with van der Waals surface area (Å²) < 4.78 is 32.6. The van der Waals surface area contributed by atoms with Gasteiger partial charge in [0.25, 0.3) is 10.0 Å². The van der Waals surface area contributed by atoms with Crippen molar-refractivity contribution in [3.63, 3.8) is 0 Å². The van der Waals surface area contributed by atoms with Gasteiger partial charge in [-0.2, -0.15) is 0 Å². The molecule has 0 amide bonds. The van der Waals surface area contributed by atoms with Crippen molar-refractivity contribution in [1.29, 1.82) is 0 Å². The second-order valence-electron chi connectivity index (χ2n) is 4.72. The molecule has 2 aromatic heterocycles. The van der Waals surface area contributed by atoms with Gasteiger partial charge in [0, 0.05) is 0 Å². The van der Waals surface area contributed by atoms with Crippen LogP contribution in [-0.4, -0.2) is 25.2 Å². The Kier molecular flexibility index (Phi) is 3.91. The zero-order valence-corrected chi connectivity index (χ0v) is 13.5. The predicted octanol–water partition coefficient (Wildman–Crippen LogP) is 2.32. The summed E-state index contributed by atoms with van der Waals surface area (Å²) in [6, 6.07) is 1.36. The zero-order valence-electron chi connectivity index (χ0n) is 11.1. The molecule has 2 N–H and O–H groups in total. The van der Waals surface area contributed by atoms with E-state index in [2.05, 4.69) is 20.2 Å². The van der Waals surface area contributed by atoms with Crippen molar-refractivity contribution < 1.29 is 12.8 Å². The quantitative estimate of drug-likeness (QED) is 0.880. The van der Waals surface area contributed by atoms with Gasteiger partial charge in [0.05, 0.1) is 10.4 Å². The molecule has 1 saturated heterocycles. The van der Waals surface area contributed by atoms with Crippen LogP contribution in [-0.2, 0) is 10.0 Å². The molecule has 0 radical (unpaired) electrons. The largest absolute Gasteiger partial charge is 0.406 e. The normalized spacial score (nSPS) is 19.0. The first-order valence-corrected chi connectivity index (χ1v) is 8.99. The summed E-state index contributed by atoms with van der Waals surface area (Å²) in [5.41, 5.74) is 0.711. The second kappa shape index (κ2) is 5.56. The third kappa shape index (κ3) is 3.05. The molecule has 0 bridgehead atoms. The highest BCUT2D eigenvalue weighted by Gasteiger charge is 2.25. The highest BCUT2D eigenvalue weighted by Crippen LogP contribution is 2.31. The lowest BCUT2D eigenvalue weighted by Gasteiger charge is -2.03. The maximum Gasteiger partial charge on any atom is 0.329 e. The van der Waals surface area contributed by atoms with E-state index in [1.807, 2.05) is 0 Å². The lowest BCUT2D eigenvalue weighted by Crippen LogP contribution is -2.13. The predicted molar refractivity (Wildman–Crippen MR) is 79.2 cm³/mol. The van der Waals surface area contributed by atoms with E-state index in [4.69, 9.17) is 16.0 Å². The minimum atomic E-state index is -3.76. The molecule has 10 heteroatoms. The van der Waals surface area contributed by atoms with Gasteiger partial charge in [-0.15, -0.1) is 16.4 Å². The molecule has 0 aliphatic carbocycles. The average molecular weight is 349 g/mol. The lowest BCUT2D eigenvalue weighted by atomic mass is 10.2. The Morgan fingerprint density at radius 3 is 2.95 bits per heavy atom. The summed E-state index contributed by atoms with van der Waals surface area (Å²) in [6.45, 7) is 2.63. The number of hydrogen-bond acceptors (Lipinski definition) is 7. The van der Waals surface area contributed by atoms with E-state index in [-0.39, 0.29) is 16.3 Å². The van der Waals surface area contributed by atoms with Crippen molar-refractivity contribution in [3.8, 4) is 0 Å². The van der Waals surface area contributed by atoms with Crippen molar-refractivity contribution in [1.82, 2.24) is 15.5 Å². The third-order valence-corrected chi connectivity index (χ3v) is 6.47. The molecule has 1 aliphatic heterocycles. The van der Waals surface area contributed by atoms with Crippen LogP contribution in [0, 0.1) is 6.92 Å². The second-order valence-corrected chi connectivity index (χ2v) is 8.29. The lowest BCUT2D eigenvalue weighted by molar-refractivity contribution is 0.439. The molecule has 114 valence electrons. The number of nitrogens with one attached hydrogen (secondary N) is 2. The Morgan fingerprint density at radius 1 is 1.52 bits per heavy atom. The van der Waals surface area contributed by atoms with E-state index in [1.54, 1.807) is 6.92 Å². The number of halogens is 1. The Hall–Kier alpha value is -1.16. The first-order valence-electron chi connectivity index (χ1n) is 6.31. The summed E-state index contributed by atoms with van der Waals surface area (Å²) in [6.07, 6.45) is 1.93. The third-order valence-electron chi connectivity index (χ3n) is 3.12. The van der Waals surface area contributed by atoms with Crippen LogP contribution in [0.3, 0.4) is 0 Å². The number of aryl methyl sites for hydroxylation is 1. The number of nitrogens with zero attached hydrogens (tertiary/aromatic N) is 2. The molecule has 3 heterocycles. The molecule has 0 saturated carbocycles. The SMILES string of the molecule is Cc1cc(S(=O)(=O)Nc2nnc(C3CCCN3)o2)sc1Cl. The maximum absolute atomic E-state index is 12.2. The first kappa shape index (κ1) is 14.8. The molecule has 7 nitrogen and oxygen atoms in total. The van der Waals surface area contributed by atoms with Crippen LogP contribution in [0.1, 0.15) is 30.3 Å². The number of anilines is 1. The highest BCUT2D eigenvalue weighted by molar-refractivity contribution is 7.94. The van der Waals surface area contributed by atoms with E-state index in [1.165, 1.54) is 6.07 Å². The van der Waals surface area contributed by atoms with Crippen molar-refractivity contribution in [2.45, 2.75) is 30.0 Å². The Balaban J connectivity index is 1.79. The van der Waals surface area contributed by atoms with Crippen LogP contribution in [0.4, 0.5) is 6.01 Å². The molecule has 0 aromatic carbocycles. The molecular weight excluding hydrogens is 336 g/mol. The number of hydrogen-bond donors (Lipinski definition) is 2. The molecule has 1 atom stereocenters. The monoisotopic (exact) mass is 348 g/mol. The van der Waals surface area contributed by atoms with Crippen molar-refractivity contribution >= 4 is 39.0 Å². The fraction of sp³-hybridized carbons (Fsp3) is 0.455. The van der Waals surface area contributed by atoms with Gasteiger partial charge in [0.15, 0.2) is 0 Å². The maximum atomic E-state index is 12.2. The number of aromatic nitrogens is 2. The van der Waals surface area contributed by atoms with E-state index in [0.29, 0.717) is 15.8 Å². The van der Waals surface area contributed by atoms with Crippen LogP contribution < -0.4 is 10.0 Å². The van der Waals surface area contributed by atoms with Gasteiger partial charge in [-0.25, -0.2) is 13.1 Å². The number of thiophene rings is 1. The van der Waals surface area contributed by atoms with Crippen molar-refractivity contribution in [2.75, 3.05) is 11.3 Å². The topological polar surface area (TPSA) is 97.1 Å². The smallest absolute Gasteiger partial charge is 0.329 e. The Labute approximate surface area is 130 Å². The van der Waals surface area contributed by atoms with E-state index in [0.717, 1.165) is 30.7 Å². The van der Waals surface area contributed by atoms with Gasteiger partial charge in [-0.1, -0.05) is 16.7 Å². The van der Waals surface area contributed by atoms with E-state index < -0.39 is 10.0 Å². The summed E-state index contributed by atoms with van der Waals surface area (Å²) in [7, 11) is -3.76. The van der Waals surface area contributed by atoms with E-state index in [9.17, 15) is 8.42 Å². The van der Waals surface area contributed by atoms with Gasteiger partial charge >= 0.3 is 6.01 Å². The van der Waals surface area contributed by atoms with Gasteiger partial charge in [0.2, 0.25) is 5.89 Å². The van der Waals surface area contributed by atoms with Crippen LogP contribution in [0.2, 0.25) is 4.34 Å². The summed E-state index contributed by atoms with van der Waals surface area (Å²) in [5.74, 6) is 0.394. The molecule has 2 aromatic rings. The van der Waals surface area contributed by atoms with Gasteiger partial charge in [-0.3, -0.25) is 0 Å². The van der Waals surface area contributed by atoms with Crippen LogP contribution in [0.25, 0.3) is 0 Å². The van der Waals surface area contributed by atoms with E-state index >= 15 is 0 Å². The first-order chi connectivity index (χ1) is 9.95. The molecule has 0 spiro atoms. The summed E-state index contributed by atoms with van der Waals surface area (Å²) >= 11 is 6.88. The summed E-state index contributed by atoms with van der Waals surface area (Å²) in [4.78, 5) is 0. The molecule has 1 unspecified atom stereocenters. The molecular formula is C11H13ClN4O3S2.